The van der Waals surface area contributed by atoms with Crippen molar-refractivity contribution >= 4 is 35.8 Å². The summed E-state index contributed by atoms with van der Waals surface area (Å²) in [5, 5.41) is 3.44. The lowest BCUT2D eigenvalue weighted by Crippen LogP contribution is -2.49. The monoisotopic (exact) mass is 528 g/mol. The number of carbonyl (C=O) groups is 1. The molecule has 1 atom stereocenters. The molecule has 1 amide bonds. The van der Waals surface area contributed by atoms with Crippen molar-refractivity contribution in [3.05, 3.63) is 35.4 Å². The van der Waals surface area contributed by atoms with Crippen LogP contribution in [0.4, 0.5) is 0 Å². The Morgan fingerprint density at radius 2 is 2.00 bits per heavy atom. The van der Waals surface area contributed by atoms with E-state index in [0.717, 1.165) is 51.3 Å². The van der Waals surface area contributed by atoms with Crippen molar-refractivity contribution in [1.29, 1.82) is 0 Å². The van der Waals surface area contributed by atoms with Gasteiger partial charge in [-0.05, 0) is 37.8 Å². The lowest BCUT2D eigenvalue weighted by atomic mass is 9.85. The third-order valence-electron chi connectivity index (χ3n) is 6.19. The Bertz CT molecular complexity index is 732. The summed E-state index contributed by atoms with van der Waals surface area (Å²) in [4.78, 5) is 21.9. The summed E-state index contributed by atoms with van der Waals surface area (Å²) in [5.41, 5.74) is 2.15. The number of nitrogens with zero attached hydrogens (tertiary/aromatic N) is 3. The van der Waals surface area contributed by atoms with Crippen molar-refractivity contribution in [1.82, 2.24) is 15.1 Å². The molecule has 1 saturated heterocycles. The second-order valence-corrected chi connectivity index (χ2v) is 8.52. The van der Waals surface area contributed by atoms with Crippen molar-refractivity contribution in [2.24, 2.45) is 10.4 Å². The molecule has 2 fully saturated rings. The molecule has 0 radical (unpaired) electrons. The fraction of sp³-hybridized carbons (Fsp3) is 0.652. The highest BCUT2D eigenvalue weighted by atomic mass is 127. The minimum Gasteiger partial charge on any atom is -0.370 e. The van der Waals surface area contributed by atoms with E-state index in [9.17, 15) is 4.79 Å². The first-order chi connectivity index (χ1) is 14.0. The number of aryl methyl sites for hydroxylation is 1. The normalized spacial score (nSPS) is 21.1. The number of morpholine rings is 1. The van der Waals surface area contributed by atoms with E-state index in [2.05, 4.69) is 48.3 Å². The smallest absolute Gasteiger partial charge is 0.230 e. The molecule has 0 spiro atoms. The largest absolute Gasteiger partial charge is 0.370 e. The third-order valence-corrected chi connectivity index (χ3v) is 6.19. The number of aliphatic imine (C=N–C) groups is 1. The fourth-order valence-corrected chi connectivity index (χ4v) is 4.60. The SMILES string of the molecule is CCNC(=NCC1(C(=O)N(C)C)CCCC1)N1CCOC(c2ccccc2C)C1.I. The van der Waals surface area contributed by atoms with Crippen LogP contribution in [0.5, 0.6) is 0 Å². The number of hydrogen-bond donors (Lipinski definition) is 1. The second-order valence-electron chi connectivity index (χ2n) is 8.52. The Kier molecular flexibility index (Phi) is 9.40. The summed E-state index contributed by atoms with van der Waals surface area (Å²) in [5.74, 6) is 1.11. The van der Waals surface area contributed by atoms with Gasteiger partial charge in [-0.1, -0.05) is 37.1 Å². The molecule has 30 heavy (non-hydrogen) atoms. The number of nitrogens with one attached hydrogen (secondary N) is 1. The summed E-state index contributed by atoms with van der Waals surface area (Å²) in [6.45, 7) is 7.83. The number of halogens is 1. The highest BCUT2D eigenvalue weighted by Gasteiger charge is 2.42. The van der Waals surface area contributed by atoms with Crippen LogP contribution in [0.1, 0.15) is 49.8 Å². The first-order valence-corrected chi connectivity index (χ1v) is 10.9. The van der Waals surface area contributed by atoms with Crippen molar-refractivity contribution in [3.8, 4) is 0 Å². The van der Waals surface area contributed by atoms with Gasteiger partial charge in [0.25, 0.3) is 0 Å². The minimum atomic E-state index is -0.341. The van der Waals surface area contributed by atoms with Gasteiger partial charge < -0.3 is 19.9 Å². The van der Waals surface area contributed by atoms with Crippen molar-refractivity contribution < 1.29 is 9.53 Å². The third kappa shape index (κ3) is 5.66. The molecule has 1 aromatic rings. The average Bonchev–Trinajstić information content (AvgIpc) is 3.21. The van der Waals surface area contributed by atoms with Gasteiger partial charge in [-0.25, -0.2) is 0 Å². The number of ether oxygens (including phenoxy) is 1. The van der Waals surface area contributed by atoms with Crippen LogP contribution in [0, 0.1) is 12.3 Å². The van der Waals surface area contributed by atoms with Crippen molar-refractivity contribution in [2.75, 3.05) is 46.9 Å². The summed E-state index contributed by atoms with van der Waals surface area (Å²) >= 11 is 0. The molecular formula is C23H37IN4O2. The van der Waals surface area contributed by atoms with Gasteiger partial charge in [-0.15, -0.1) is 24.0 Å². The van der Waals surface area contributed by atoms with Crippen LogP contribution in [-0.2, 0) is 9.53 Å². The van der Waals surface area contributed by atoms with Gasteiger partial charge in [0.05, 0.1) is 25.1 Å². The number of hydrogen-bond acceptors (Lipinski definition) is 3. The zero-order chi connectivity index (χ0) is 20.9. The lowest BCUT2D eigenvalue weighted by molar-refractivity contribution is -0.138. The summed E-state index contributed by atoms with van der Waals surface area (Å²) in [6.07, 6.45) is 4.12. The van der Waals surface area contributed by atoms with E-state index >= 15 is 0 Å². The Balaban J connectivity index is 0.00000320. The Morgan fingerprint density at radius 1 is 1.30 bits per heavy atom. The first-order valence-electron chi connectivity index (χ1n) is 10.9. The molecule has 2 aliphatic rings. The highest BCUT2D eigenvalue weighted by Crippen LogP contribution is 2.40. The van der Waals surface area contributed by atoms with E-state index in [4.69, 9.17) is 9.73 Å². The maximum atomic E-state index is 12.9. The van der Waals surface area contributed by atoms with E-state index in [-0.39, 0.29) is 41.4 Å². The van der Waals surface area contributed by atoms with E-state index in [0.29, 0.717) is 13.2 Å². The number of carbonyl (C=O) groups excluding carboxylic acids is 1. The number of benzene rings is 1. The average molecular weight is 528 g/mol. The number of rotatable bonds is 5. The molecule has 1 aliphatic heterocycles. The van der Waals surface area contributed by atoms with Crippen molar-refractivity contribution in [3.63, 3.8) is 0 Å². The highest BCUT2D eigenvalue weighted by molar-refractivity contribution is 14.0. The molecule has 0 aromatic heterocycles. The second kappa shape index (κ2) is 11.3. The van der Waals surface area contributed by atoms with Crippen LogP contribution in [0.2, 0.25) is 0 Å². The van der Waals surface area contributed by atoms with Gasteiger partial charge in [0.1, 0.15) is 6.10 Å². The van der Waals surface area contributed by atoms with E-state index in [1.165, 1.54) is 11.1 Å². The molecule has 6 nitrogen and oxygen atoms in total. The van der Waals surface area contributed by atoms with Gasteiger partial charge in [0.15, 0.2) is 5.96 Å². The molecule has 1 N–H and O–H groups in total. The molecule has 3 rings (SSSR count). The van der Waals surface area contributed by atoms with Crippen LogP contribution in [0.15, 0.2) is 29.3 Å². The molecular weight excluding hydrogens is 491 g/mol. The molecule has 1 heterocycles. The molecule has 1 unspecified atom stereocenters. The van der Waals surface area contributed by atoms with Gasteiger partial charge >= 0.3 is 0 Å². The van der Waals surface area contributed by atoms with E-state index in [1.54, 1.807) is 4.90 Å². The fourth-order valence-electron chi connectivity index (χ4n) is 4.60. The lowest BCUT2D eigenvalue weighted by Gasteiger charge is -2.36. The molecule has 1 aromatic carbocycles. The quantitative estimate of drug-likeness (QED) is 0.361. The Hall–Kier alpha value is -1.35. The Morgan fingerprint density at radius 3 is 2.63 bits per heavy atom. The first kappa shape index (κ1) is 24.9. The Labute approximate surface area is 198 Å². The predicted octanol–water partition coefficient (Wildman–Crippen LogP) is 3.60. The zero-order valence-electron chi connectivity index (χ0n) is 18.8. The van der Waals surface area contributed by atoms with Crippen LogP contribution in [-0.4, -0.2) is 68.5 Å². The summed E-state index contributed by atoms with van der Waals surface area (Å²) < 4.78 is 6.09. The number of amides is 1. The topological polar surface area (TPSA) is 57.2 Å². The van der Waals surface area contributed by atoms with Crippen LogP contribution >= 0.6 is 24.0 Å². The van der Waals surface area contributed by atoms with Gasteiger partial charge in [0.2, 0.25) is 5.91 Å². The predicted molar refractivity (Wildman–Crippen MR) is 132 cm³/mol. The zero-order valence-corrected chi connectivity index (χ0v) is 21.1. The maximum absolute atomic E-state index is 12.9. The van der Waals surface area contributed by atoms with Crippen LogP contribution in [0.3, 0.4) is 0 Å². The van der Waals surface area contributed by atoms with Gasteiger partial charge in [0, 0.05) is 27.2 Å². The molecule has 0 bridgehead atoms. The number of guanidine groups is 1. The molecule has 168 valence electrons. The minimum absolute atomic E-state index is 0. The maximum Gasteiger partial charge on any atom is 0.230 e. The summed E-state index contributed by atoms with van der Waals surface area (Å²) in [6, 6.07) is 8.42. The van der Waals surface area contributed by atoms with Crippen LogP contribution < -0.4 is 5.32 Å². The van der Waals surface area contributed by atoms with Gasteiger partial charge in [-0.2, -0.15) is 0 Å². The summed E-state index contributed by atoms with van der Waals surface area (Å²) in [7, 11) is 3.71. The molecule has 1 saturated carbocycles. The van der Waals surface area contributed by atoms with Crippen molar-refractivity contribution in [2.45, 2.75) is 45.6 Å². The molecule has 7 heteroatoms. The van der Waals surface area contributed by atoms with Crippen LogP contribution in [0.25, 0.3) is 0 Å². The standard InChI is InChI=1S/C23H36N4O2.HI/c1-5-24-22(25-17-23(12-8-9-13-23)21(28)26(3)4)27-14-15-29-20(16-27)19-11-7-6-10-18(19)2;/h6-7,10-11,20H,5,8-9,12-17H2,1-4H3,(H,24,25);1H. The van der Waals surface area contributed by atoms with E-state index < -0.39 is 0 Å². The van der Waals surface area contributed by atoms with E-state index in [1.807, 2.05) is 14.1 Å². The van der Waals surface area contributed by atoms with Gasteiger partial charge in [-0.3, -0.25) is 9.79 Å². The molecule has 1 aliphatic carbocycles.